The summed E-state index contributed by atoms with van der Waals surface area (Å²) in [7, 11) is 0. The largest absolute Gasteiger partial charge is 0.480 e. The zero-order valence-electron chi connectivity index (χ0n) is 10.5. The smallest absolute Gasteiger partial charge is 0.471 e. The summed E-state index contributed by atoms with van der Waals surface area (Å²) in [5, 5.41) is 8.90. The summed E-state index contributed by atoms with van der Waals surface area (Å²) >= 11 is 0. The molecule has 1 amide bonds. The molecule has 6 nitrogen and oxygen atoms in total. The van der Waals surface area contributed by atoms with Gasteiger partial charge in [-0.05, 0) is 12.8 Å². The van der Waals surface area contributed by atoms with Crippen molar-refractivity contribution in [3.8, 4) is 0 Å². The van der Waals surface area contributed by atoms with E-state index in [-0.39, 0.29) is 26.0 Å². The summed E-state index contributed by atoms with van der Waals surface area (Å²) in [4.78, 5) is 27.4. The second-order valence-corrected chi connectivity index (χ2v) is 4.30. The first kappa shape index (κ1) is 16.4. The lowest BCUT2D eigenvalue weighted by atomic mass is 9.98. The van der Waals surface area contributed by atoms with E-state index in [9.17, 15) is 22.8 Å². The fourth-order valence-corrected chi connectivity index (χ4v) is 1.94. The van der Waals surface area contributed by atoms with Crippen molar-refractivity contribution >= 4 is 11.9 Å². The average Bonchev–Trinajstić information content (AvgIpc) is 2.36. The van der Waals surface area contributed by atoms with Crippen LogP contribution in [0.15, 0.2) is 12.7 Å². The lowest BCUT2D eigenvalue weighted by molar-refractivity contribution is -0.192. The van der Waals surface area contributed by atoms with Gasteiger partial charge in [0.2, 0.25) is 0 Å². The van der Waals surface area contributed by atoms with Crippen LogP contribution in [0, 0.1) is 0 Å². The molecule has 2 atom stereocenters. The summed E-state index contributed by atoms with van der Waals surface area (Å²) in [5.41, 5.74) is 2.49. The van der Waals surface area contributed by atoms with Crippen molar-refractivity contribution in [3.63, 3.8) is 0 Å². The van der Waals surface area contributed by atoms with Crippen molar-refractivity contribution in [2.75, 3.05) is 13.2 Å². The van der Waals surface area contributed by atoms with Crippen LogP contribution in [0.4, 0.5) is 13.2 Å². The first-order chi connectivity index (χ1) is 9.27. The molecule has 0 bridgehead atoms. The third kappa shape index (κ3) is 4.20. The number of likely N-dealkylation sites (tertiary alicyclic amines) is 1. The van der Waals surface area contributed by atoms with E-state index in [4.69, 9.17) is 9.94 Å². The van der Waals surface area contributed by atoms with Gasteiger partial charge in [-0.3, -0.25) is 9.63 Å². The van der Waals surface area contributed by atoms with Crippen molar-refractivity contribution in [2.45, 2.75) is 31.1 Å². The number of carbonyl (C=O) groups is 2. The molecular formula is C11H15F3N2O4. The Morgan fingerprint density at radius 2 is 2.10 bits per heavy atom. The topological polar surface area (TPSA) is 78.9 Å². The molecule has 1 aliphatic rings. The van der Waals surface area contributed by atoms with Gasteiger partial charge in [0.1, 0.15) is 6.04 Å². The van der Waals surface area contributed by atoms with Crippen LogP contribution in [0.2, 0.25) is 0 Å². The van der Waals surface area contributed by atoms with Gasteiger partial charge in [-0.1, -0.05) is 6.08 Å². The van der Waals surface area contributed by atoms with Gasteiger partial charge in [0, 0.05) is 12.6 Å². The van der Waals surface area contributed by atoms with Crippen LogP contribution in [0.25, 0.3) is 0 Å². The van der Waals surface area contributed by atoms with Crippen LogP contribution in [0.3, 0.4) is 0 Å². The van der Waals surface area contributed by atoms with Crippen molar-refractivity contribution in [3.05, 3.63) is 12.7 Å². The molecule has 0 spiro atoms. The third-order valence-electron chi connectivity index (χ3n) is 2.82. The predicted octanol–water partition coefficient (Wildman–Crippen LogP) is 0.700. The van der Waals surface area contributed by atoms with Gasteiger partial charge in [-0.25, -0.2) is 4.79 Å². The van der Waals surface area contributed by atoms with Crippen LogP contribution >= 0.6 is 0 Å². The second kappa shape index (κ2) is 6.71. The minimum atomic E-state index is -5.10. The van der Waals surface area contributed by atoms with Gasteiger partial charge in [-0.15, -0.1) is 6.58 Å². The molecule has 1 heterocycles. The summed E-state index contributed by atoms with van der Waals surface area (Å²) < 4.78 is 37.4. The zero-order chi connectivity index (χ0) is 15.3. The number of hydrogen-bond donors (Lipinski definition) is 2. The van der Waals surface area contributed by atoms with Gasteiger partial charge >= 0.3 is 18.1 Å². The van der Waals surface area contributed by atoms with Gasteiger partial charge in [0.05, 0.1) is 6.61 Å². The quantitative estimate of drug-likeness (QED) is 0.443. The summed E-state index contributed by atoms with van der Waals surface area (Å²) in [5.74, 6) is -3.60. The maximum absolute atomic E-state index is 12.5. The molecule has 0 aliphatic carbocycles. The van der Waals surface area contributed by atoms with E-state index in [2.05, 4.69) is 12.1 Å². The van der Waals surface area contributed by atoms with Crippen molar-refractivity contribution in [2.24, 2.45) is 0 Å². The van der Waals surface area contributed by atoms with Crippen molar-refractivity contribution in [1.29, 1.82) is 0 Å². The molecule has 0 radical (unpaired) electrons. The monoisotopic (exact) mass is 296 g/mol. The van der Waals surface area contributed by atoms with Gasteiger partial charge < -0.3 is 10.0 Å². The molecular weight excluding hydrogens is 281 g/mol. The highest BCUT2D eigenvalue weighted by Gasteiger charge is 2.48. The molecule has 1 fully saturated rings. The molecule has 9 heteroatoms. The molecule has 114 valence electrons. The Morgan fingerprint density at radius 3 is 2.60 bits per heavy atom. The van der Waals surface area contributed by atoms with Crippen LogP contribution in [-0.2, 0) is 14.4 Å². The van der Waals surface area contributed by atoms with E-state index < -0.39 is 30.1 Å². The lowest BCUT2D eigenvalue weighted by Gasteiger charge is -2.37. The number of hydroxylamine groups is 1. The van der Waals surface area contributed by atoms with Gasteiger partial charge in [0.15, 0.2) is 0 Å². The summed E-state index contributed by atoms with van der Waals surface area (Å²) in [6.07, 6.45) is -3.45. The first-order valence-electron chi connectivity index (χ1n) is 5.86. The maximum Gasteiger partial charge on any atom is 0.471 e. The van der Waals surface area contributed by atoms with E-state index >= 15 is 0 Å². The van der Waals surface area contributed by atoms with Gasteiger partial charge in [-0.2, -0.15) is 18.7 Å². The van der Waals surface area contributed by atoms with Crippen LogP contribution in [-0.4, -0.2) is 53.3 Å². The van der Waals surface area contributed by atoms with Crippen LogP contribution in [0.1, 0.15) is 12.8 Å². The zero-order valence-corrected chi connectivity index (χ0v) is 10.5. The fourth-order valence-electron chi connectivity index (χ4n) is 1.94. The number of amides is 1. The normalized spacial score (nSPS) is 23.4. The number of hydrogen-bond acceptors (Lipinski definition) is 4. The Hall–Kier alpha value is -1.61. The molecule has 2 unspecified atom stereocenters. The number of nitrogens with zero attached hydrogens (tertiary/aromatic N) is 1. The van der Waals surface area contributed by atoms with E-state index in [1.807, 2.05) is 0 Å². The average molecular weight is 296 g/mol. The molecule has 0 aromatic carbocycles. The molecule has 0 saturated carbocycles. The molecule has 1 saturated heterocycles. The minimum Gasteiger partial charge on any atom is -0.480 e. The van der Waals surface area contributed by atoms with E-state index in [0.29, 0.717) is 4.90 Å². The van der Waals surface area contributed by atoms with Crippen molar-refractivity contribution in [1.82, 2.24) is 10.4 Å². The van der Waals surface area contributed by atoms with Crippen LogP contribution < -0.4 is 5.48 Å². The molecule has 2 N–H and O–H groups in total. The number of aliphatic carboxylic acids is 1. The number of piperidine rings is 1. The highest BCUT2D eigenvalue weighted by Crippen LogP contribution is 2.25. The summed E-state index contributed by atoms with van der Waals surface area (Å²) in [6.45, 7) is 3.16. The molecule has 1 aliphatic heterocycles. The Morgan fingerprint density at radius 1 is 1.45 bits per heavy atom. The molecule has 0 aromatic heterocycles. The number of carbonyl (C=O) groups excluding carboxylic acids is 1. The van der Waals surface area contributed by atoms with E-state index in [1.165, 1.54) is 6.08 Å². The highest BCUT2D eigenvalue weighted by atomic mass is 19.4. The predicted molar refractivity (Wildman–Crippen MR) is 61.5 cm³/mol. The third-order valence-corrected chi connectivity index (χ3v) is 2.82. The highest BCUT2D eigenvalue weighted by molar-refractivity contribution is 5.87. The molecule has 0 aromatic rings. The Bertz CT molecular complexity index is 386. The second-order valence-electron chi connectivity index (χ2n) is 4.30. The Kier molecular flexibility index (Phi) is 5.52. The Balaban J connectivity index is 2.74. The number of halogens is 3. The first-order valence-corrected chi connectivity index (χ1v) is 5.86. The number of alkyl halides is 3. The fraction of sp³-hybridized carbons (Fsp3) is 0.636. The minimum absolute atomic E-state index is 0.0771. The SMILES string of the molecule is C=CCONC1CCC(C(=O)O)N(C(=O)C(F)(F)F)C1. The number of nitrogens with one attached hydrogen (secondary N) is 1. The molecule has 20 heavy (non-hydrogen) atoms. The van der Waals surface area contributed by atoms with Gasteiger partial charge in [0.25, 0.3) is 0 Å². The lowest BCUT2D eigenvalue weighted by Crippen LogP contribution is -2.58. The van der Waals surface area contributed by atoms with Crippen molar-refractivity contribution < 1.29 is 32.7 Å². The Labute approximate surface area is 113 Å². The van der Waals surface area contributed by atoms with Crippen LogP contribution in [0.5, 0.6) is 0 Å². The number of carboxylic acids is 1. The summed E-state index contributed by atoms with van der Waals surface area (Å²) in [6, 6.07) is -2.03. The standard InChI is InChI=1S/C11H15F3N2O4/c1-2-5-20-15-7-3-4-8(9(17)18)16(6-7)10(19)11(12,13)14/h2,7-8,15H,1,3-6H2,(H,17,18). The van der Waals surface area contributed by atoms with E-state index in [1.54, 1.807) is 0 Å². The number of carboxylic acid groups (broad SMARTS) is 1. The molecule has 1 rings (SSSR count). The van der Waals surface area contributed by atoms with E-state index in [0.717, 1.165) is 0 Å². The number of rotatable bonds is 5. The maximum atomic E-state index is 12.5.